The predicted octanol–water partition coefficient (Wildman–Crippen LogP) is 1.49. The maximum atomic E-state index is 12.6. The van der Waals surface area contributed by atoms with Crippen LogP contribution in [-0.2, 0) is 10.0 Å². The van der Waals surface area contributed by atoms with E-state index in [9.17, 15) is 23.3 Å². The van der Waals surface area contributed by atoms with Crippen molar-refractivity contribution >= 4 is 27.3 Å². The molecule has 0 bridgehead atoms. The van der Waals surface area contributed by atoms with E-state index >= 15 is 0 Å². The summed E-state index contributed by atoms with van der Waals surface area (Å²) in [5.74, 6) is 0.0410. The number of nitrogens with one attached hydrogen (secondary N) is 1. The molecule has 3 rings (SSSR count). The van der Waals surface area contributed by atoms with Gasteiger partial charge in [0.1, 0.15) is 5.75 Å². The zero-order valence-electron chi connectivity index (χ0n) is 17.1. The van der Waals surface area contributed by atoms with Gasteiger partial charge in [0.05, 0.1) is 23.5 Å². The van der Waals surface area contributed by atoms with Crippen LogP contribution < -0.4 is 15.0 Å². The van der Waals surface area contributed by atoms with E-state index in [4.69, 9.17) is 4.74 Å². The summed E-state index contributed by atoms with van der Waals surface area (Å²) >= 11 is 0. The Kier molecular flexibility index (Phi) is 7.08. The molecule has 10 nitrogen and oxygen atoms in total. The first-order chi connectivity index (χ1) is 14.8. The van der Waals surface area contributed by atoms with Crippen molar-refractivity contribution in [1.82, 2.24) is 9.62 Å². The first-order valence-corrected chi connectivity index (χ1v) is 11.3. The number of anilines is 1. The van der Waals surface area contributed by atoms with Gasteiger partial charge in [0.2, 0.25) is 10.0 Å². The number of nitro benzene ring substituents is 1. The lowest BCUT2D eigenvalue weighted by molar-refractivity contribution is -0.384. The summed E-state index contributed by atoms with van der Waals surface area (Å²) in [4.78, 5) is 24.3. The monoisotopic (exact) mass is 448 g/mol. The zero-order chi connectivity index (χ0) is 22.4. The van der Waals surface area contributed by atoms with Gasteiger partial charge in [-0.25, -0.2) is 8.42 Å². The molecule has 0 saturated carbocycles. The van der Waals surface area contributed by atoms with Crippen LogP contribution in [0.1, 0.15) is 10.4 Å². The summed E-state index contributed by atoms with van der Waals surface area (Å²) < 4.78 is 32.1. The summed E-state index contributed by atoms with van der Waals surface area (Å²) in [7, 11) is -1.93. The molecule has 1 aliphatic heterocycles. The molecule has 1 aliphatic rings. The maximum absolute atomic E-state index is 12.6. The number of non-ortho nitro benzene ring substituents is 1. The van der Waals surface area contributed by atoms with Crippen LogP contribution in [0, 0.1) is 10.1 Å². The molecule has 1 heterocycles. The number of rotatable bonds is 8. The van der Waals surface area contributed by atoms with Gasteiger partial charge in [-0.3, -0.25) is 14.9 Å². The van der Waals surface area contributed by atoms with Crippen molar-refractivity contribution in [3.05, 3.63) is 64.2 Å². The number of hydrogen-bond donors (Lipinski definition) is 1. The van der Waals surface area contributed by atoms with E-state index in [0.29, 0.717) is 26.2 Å². The molecule has 11 heteroatoms. The van der Waals surface area contributed by atoms with Crippen LogP contribution in [0.3, 0.4) is 0 Å². The number of ether oxygens (including phenoxy) is 1. The maximum Gasteiger partial charge on any atom is 0.269 e. The van der Waals surface area contributed by atoms with Gasteiger partial charge in [-0.15, -0.1) is 0 Å². The molecule has 1 amide bonds. The van der Waals surface area contributed by atoms with E-state index in [1.807, 2.05) is 24.3 Å². The summed E-state index contributed by atoms with van der Waals surface area (Å²) in [5, 5.41) is 13.2. The Balaban J connectivity index is 1.50. The number of amides is 1. The lowest BCUT2D eigenvalue weighted by Gasteiger charge is -2.36. The molecule has 1 N–H and O–H groups in total. The quantitative estimate of drug-likeness (QED) is 0.479. The van der Waals surface area contributed by atoms with E-state index in [0.717, 1.165) is 11.4 Å². The number of nitrogens with zero attached hydrogens (tertiary/aromatic N) is 3. The minimum absolute atomic E-state index is 0.0507. The minimum Gasteiger partial charge on any atom is -0.495 e. The topological polar surface area (TPSA) is 122 Å². The number of sulfonamides is 1. The Labute approximate surface area is 180 Å². The van der Waals surface area contributed by atoms with Crippen LogP contribution >= 0.6 is 0 Å². The first-order valence-electron chi connectivity index (χ1n) is 9.70. The average Bonchev–Trinajstić information content (AvgIpc) is 2.79. The molecular formula is C20H24N4O6S. The summed E-state index contributed by atoms with van der Waals surface area (Å²) in [5.41, 5.74) is 1.04. The van der Waals surface area contributed by atoms with Gasteiger partial charge >= 0.3 is 0 Å². The second-order valence-corrected chi connectivity index (χ2v) is 9.02. The van der Waals surface area contributed by atoms with Crippen LogP contribution in [0.4, 0.5) is 11.4 Å². The third kappa shape index (κ3) is 5.50. The van der Waals surface area contributed by atoms with Crippen LogP contribution in [0.2, 0.25) is 0 Å². The van der Waals surface area contributed by atoms with Gasteiger partial charge in [0, 0.05) is 50.4 Å². The highest BCUT2D eigenvalue weighted by Crippen LogP contribution is 2.28. The second-order valence-electron chi connectivity index (χ2n) is 6.93. The number of piperazine rings is 1. The average molecular weight is 449 g/mol. The fourth-order valence-corrected chi connectivity index (χ4v) is 4.70. The molecule has 0 aromatic heterocycles. The fourth-order valence-electron chi connectivity index (χ4n) is 3.36. The van der Waals surface area contributed by atoms with Crippen LogP contribution in [0.15, 0.2) is 48.5 Å². The molecule has 31 heavy (non-hydrogen) atoms. The van der Waals surface area contributed by atoms with Gasteiger partial charge in [0.15, 0.2) is 0 Å². The smallest absolute Gasteiger partial charge is 0.269 e. The van der Waals surface area contributed by atoms with E-state index in [-0.39, 0.29) is 23.5 Å². The third-order valence-corrected chi connectivity index (χ3v) is 6.92. The van der Waals surface area contributed by atoms with E-state index in [1.54, 1.807) is 7.11 Å². The number of benzene rings is 2. The Morgan fingerprint density at radius 1 is 1.10 bits per heavy atom. The van der Waals surface area contributed by atoms with Crippen molar-refractivity contribution in [3.8, 4) is 5.75 Å². The molecular weight excluding hydrogens is 424 g/mol. The first kappa shape index (κ1) is 22.5. The lowest BCUT2D eigenvalue weighted by Crippen LogP contribution is -2.50. The molecule has 1 saturated heterocycles. The molecule has 0 atom stereocenters. The van der Waals surface area contributed by atoms with Crippen LogP contribution in [0.5, 0.6) is 5.75 Å². The standard InChI is InChI=1S/C20H24N4O6S/c1-30-19-5-3-2-4-18(19)22-11-13-23(14-12-22)31(28,29)15-10-21-20(25)16-6-8-17(9-7-16)24(26)27/h2-9H,10-15H2,1H3,(H,21,25). The molecule has 2 aromatic carbocycles. The lowest BCUT2D eigenvalue weighted by atomic mass is 10.2. The molecule has 0 unspecified atom stereocenters. The highest BCUT2D eigenvalue weighted by Gasteiger charge is 2.27. The SMILES string of the molecule is COc1ccccc1N1CCN(S(=O)(=O)CCNC(=O)c2ccc([N+](=O)[O-])cc2)CC1. The molecule has 1 fully saturated rings. The highest BCUT2D eigenvalue weighted by molar-refractivity contribution is 7.89. The summed E-state index contributed by atoms with van der Waals surface area (Å²) in [6, 6.07) is 12.7. The Morgan fingerprint density at radius 2 is 1.74 bits per heavy atom. The zero-order valence-corrected chi connectivity index (χ0v) is 17.9. The normalized spacial score (nSPS) is 14.8. The predicted molar refractivity (Wildman–Crippen MR) is 116 cm³/mol. The minimum atomic E-state index is -3.53. The second kappa shape index (κ2) is 9.75. The number of methoxy groups -OCH3 is 1. The van der Waals surface area contributed by atoms with E-state index < -0.39 is 20.9 Å². The molecule has 0 spiro atoms. The van der Waals surface area contributed by atoms with Gasteiger partial charge in [-0.2, -0.15) is 4.31 Å². The number of nitro groups is 1. The van der Waals surface area contributed by atoms with Crippen molar-refractivity contribution < 1.29 is 22.9 Å². The Hall–Kier alpha value is -3.18. The number of para-hydroxylation sites is 2. The summed E-state index contributed by atoms with van der Waals surface area (Å²) in [6.07, 6.45) is 0. The molecule has 0 radical (unpaired) electrons. The van der Waals surface area contributed by atoms with Gasteiger partial charge in [-0.05, 0) is 24.3 Å². The number of carbonyl (C=O) groups is 1. The van der Waals surface area contributed by atoms with Crippen LogP contribution in [-0.4, -0.2) is 69.1 Å². The largest absolute Gasteiger partial charge is 0.495 e. The van der Waals surface area contributed by atoms with Crippen molar-refractivity contribution in [2.24, 2.45) is 0 Å². The molecule has 166 valence electrons. The van der Waals surface area contributed by atoms with Crippen molar-refractivity contribution in [1.29, 1.82) is 0 Å². The van der Waals surface area contributed by atoms with Crippen LogP contribution in [0.25, 0.3) is 0 Å². The fraction of sp³-hybridized carbons (Fsp3) is 0.350. The van der Waals surface area contributed by atoms with Crippen molar-refractivity contribution in [3.63, 3.8) is 0 Å². The highest BCUT2D eigenvalue weighted by atomic mass is 32.2. The summed E-state index contributed by atoms with van der Waals surface area (Å²) in [6.45, 7) is 1.71. The van der Waals surface area contributed by atoms with Gasteiger partial charge < -0.3 is 15.0 Å². The van der Waals surface area contributed by atoms with Crippen molar-refractivity contribution in [2.45, 2.75) is 0 Å². The number of carbonyl (C=O) groups excluding carboxylic acids is 1. The van der Waals surface area contributed by atoms with Crippen molar-refractivity contribution in [2.75, 3.05) is 50.5 Å². The molecule has 0 aliphatic carbocycles. The van der Waals surface area contributed by atoms with E-state index in [2.05, 4.69) is 10.2 Å². The Morgan fingerprint density at radius 3 is 2.35 bits per heavy atom. The van der Waals surface area contributed by atoms with E-state index in [1.165, 1.54) is 28.6 Å². The van der Waals surface area contributed by atoms with Gasteiger partial charge in [0.25, 0.3) is 11.6 Å². The Bertz CT molecular complexity index is 1030. The number of hydrogen-bond acceptors (Lipinski definition) is 7. The third-order valence-electron chi connectivity index (χ3n) is 5.04. The molecule has 2 aromatic rings. The van der Waals surface area contributed by atoms with Gasteiger partial charge in [-0.1, -0.05) is 12.1 Å².